The van der Waals surface area contributed by atoms with Crippen molar-refractivity contribution >= 4 is 0 Å². The molecule has 0 spiro atoms. The lowest BCUT2D eigenvalue weighted by molar-refractivity contribution is 0.552. The molecule has 1 heteroatoms. The van der Waals surface area contributed by atoms with Crippen molar-refractivity contribution in [3.8, 4) is 18.4 Å². The molecule has 2 unspecified atom stereocenters. The maximum Gasteiger partial charge on any atom is 0.142 e. The van der Waals surface area contributed by atoms with E-state index in [1.165, 1.54) is 0 Å². The molecule has 0 saturated heterocycles. The molecule has 1 aliphatic rings. The van der Waals surface area contributed by atoms with Gasteiger partial charge in [0.05, 0.1) is 6.07 Å². The van der Waals surface area contributed by atoms with Gasteiger partial charge in [0.25, 0.3) is 0 Å². The summed E-state index contributed by atoms with van der Waals surface area (Å²) in [7, 11) is 0. The smallest absolute Gasteiger partial charge is 0.142 e. The molecule has 11 heavy (non-hydrogen) atoms. The summed E-state index contributed by atoms with van der Waals surface area (Å²) < 4.78 is 0. The number of rotatable bonds is 0. The van der Waals surface area contributed by atoms with Crippen LogP contribution in [0.3, 0.4) is 0 Å². The lowest BCUT2D eigenvalue weighted by Crippen LogP contribution is -2.23. The van der Waals surface area contributed by atoms with Crippen LogP contribution in [-0.2, 0) is 0 Å². The van der Waals surface area contributed by atoms with Crippen LogP contribution in [0.1, 0.15) is 0 Å². The fraction of sp³-hybridized carbons (Fsp3) is 0.200. The van der Waals surface area contributed by atoms with E-state index in [2.05, 4.69) is 18.9 Å². The molecule has 0 aromatic rings. The Balaban J connectivity index is 3.06. The lowest BCUT2D eigenvalue weighted by Gasteiger charge is -2.23. The molecule has 0 aliphatic heterocycles. The summed E-state index contributed by atoms with van der Waals surface area (Å²) in [6.07, 6.45) is 12.4. The standard InChI is InChI=1S/C10H8N/c1-3-10(8-11)7-5-4-6-9(10)2/h1,4-7,9H,2H2. The van der Waals surface area contributed by atoms with Crippen molar-refractivity contribution in [3.05, 3.63) is 31.2 Å². The topological polar surface area (TPSA) is 23.8 Å². The van der Waals surface area contributed by atoms with Crippen LogP contribution in [0, 0.1) is 41.9 Å². The number of hydrogen-bond donors (Lipinski definition) is 0. The van der Waals surface area contributed by atoms with Crippen molar-refractivity contribution in [1.29, 1.82) is 5.26 Å². The Bertz CT molecular complexity index is 269. The molecule has 2 atom stereocenters. The van der Waals surface area contributed by atoms with E-state index in [9.17, 15) is 0 Å². The minimum absolute atomic E-state index is 0.137. The van der Waals surface area contributed by atoms with Gasteiger partial charge in [-0.3, -0.25) is 0 Å². The fourth-order valence-electron chi connectivity index (χ4n) is 0.989. The Hall–Kier alpha value is -1.47. The van der Waals surface area contributed by atoms with Gasteiger partial charge in [0.2, 0.25) is 0 Å². The highest BCUT2D eigenvalue weighted by molar-refractivity contribution is 5.36. The summed E-state index contributed by atoms with van der Waals surface area (Å²) in [5.74, 6) is 2.32. The summed E-state index contributed by atoms with van der Waals surface area (Å²) in [5, 5.41) is 8.79. The van der Waals surface area contributed by atoms with E-state index in [0.29, 0.717) is 0 Å². The third-order valence-corrected chi connectivity index (χ3v) is 1.82. The number of nitrogens with zero attached hydrogens (tertiary/aromatic N) is 1. The van der Waals surface area contributed by atoms with E-state index in [1.807, 2.05) is 12.2 Å². The molecule has 0 N–H and O–H groups in total. The van der Waals surface area contributed by atoms with Crippen molar-refractivity contribution in [2.45, 2.75) is 0 Å². The van der Waals surface area contributed by atoms with E-state index >= 15 is 0 Å². The second kappa shape index (κ2) is 2.64. The Morgan fingerprint density at radius 2 is 2.27 bits per heavy atom. The van der Waals surface area contributed by atoms with Gasteiger partial charge in [0.15, 0.2) is 0 Å². The number of hydrogen-bond acceptors (Lipinski definition) is 1. The normalized spacial score (nSPS) is 34.3. The highest BCUT2D eigenvalue weighted by Gasteiger charge is 2.31. The van der Waals surface area contributed by atoms with Crippen molar-refractivity contribution in [2.75, 3.05) is 0 Å². The van der Waals surface area contributed by atoms with Gasteiger partial charge in [-0.2, -0.15) is 5.26 Å². The first-order chi connectivity index (χ1) is 5.25. The summed E-state index contributed by atoms with van der Waals surface area (Å²) in [5.41, 5.74) is -0.825. The highest BCUT2D eigenvalue weighted by atomic mass is 14.4. The molecule has 0 fully saturated rings. The zero-order chi connectivity index (χ0) is 8.32. The van der Waals surface area contributed by atoms with Crippen LogP contribution >= 0.6 is 0 Å². The van der Waals surface area contributed by atoms with Crippen molar-refractivity contribution in [1.82, 2.24) is 0 Å². The summed E-state index contributed by atoms with van der Waals surface area (Å²) in [6, 6.07) is 2.08. The first kappa shape index (κ1) is 7.63. The lowest BCUT2D eigenvalue weighted by atomic mass is 9.76. The van der Waals surface area contributed by atoms with Gasteiger partial charge in [0, 0.05) is 5.92 Å². The molecule has 0 bridgehead atoms. The SMILES string of the molecule is C#CC1(C#N)C=CC=CC1[CH2]. The number of nitriles is 1. The molecular formula is C10H8N. The average molecular weight is 142 g/mol. The zero-order valence-electron chi connectivity index (χ0n) is 6.12. The number of allylic oxidation sites excluding steroid dienone is 4. The van der Waals surface area contributed by atoms with Crippen LogP contribution in [-0.4, -0.2) is 0 Å². The fourth-order valence-corrected chi connectivity index (χ4v) is 0.989. The van der Waals surface area contributed by atoms with Crippen molar-refractivity contribution in [2.24, 2.45) is 11.3 Å². The molecular weight excluding hydrogens is 134 g/mol. The molecule has 1 nitrogen and oxygen atoms in total. The highest BCUT2D eigenvalue weighted by Crippen LogP contribution is 2.31. The van der Waals surface area contributed by atoms with E-state index in [-0.39, 0.29) is 5.92 Å². The molecule has 0 saturated carbocycles. The maximum absolute atomic E-state index is 8.79. The molecule has 0 aromatic heterocycles. The summed E-state index contributed by atoms with van der Waals surface area (Å²) in [6.45, 7) is 3.79. The van der Waals surface area contributed by atoms with E-state index < -0.39 is 5.41 Å². The minimum atomic E-state index is -0.825. The Morgan fingerprint density at radius 1 is 1.55 bits per heavy atom. The molecule has 53 valence electrons. The first-order valence-electron chi connectivity index (χ1n) is 3.33. The average Bonchev–Trinajstić information content (AvgIpc) is 2.06. The quantitative estimate of drug-likeness (QED) is 0.472. The monoisotopic (exact) mass is 142 g/mol. The second-order valence-corrected chi connectivity index (χ2v) is 2.48. The van der Waals surface area contributed by atoms with Gasteiger partial charge in [-0.1, -0.05) is 30.2 Å². The van der Waals surface area contributed by atoms with Crippen LogP contribution in [0.25, 0.3) is 0 Å². The van der Waals surface area contributed by atoms with Gasteiger partial charge in [-0.15, -0.1) is 6.42 Å². The Labute approximate surface area is 67.0 Å². The van der Waals surface area contributed by atoms with E-state index in [4.69, 9.17) is 11.7 Å². The third-order valence-electron chi connectivity index (χ3n) is 1.82. The van der Waals surface area contributed by atoms with Crippen LogP contribution in [0.2, 0.25) is 0 Å². The predicted molar refractivity (Wildman–Crippen MR) is 44.0 cm³/mol. The molecule has 1 rings (SSSR count). The van der Waals surface area contributed by atoms with E-state index in [0.717, 1.165) is 0 Å². The Kier molecular flexibility index (Phi) is 1.83. The first-order valence-corrected chi connectivity index (χ1v) is 3.33. The maximum atomic E-state index is 8.79. The van der Waals surface area contributed by atoms with Crippen LogP contribution in [0.4, 0.5) is 0 Å². The van der Waals surface area contributed by atoms with Crippen molar-refractivity contribution < 1.29 is 0 Å². The van der Waals surface area contributed by atoms with Gasteiger partial charge in [0.1, 0.15) is 5.41 Å². The van der Waals surface area contributed by atoms with Crippen LogP contribution in [0.5, 0.6) is 0 Å². The van der Waals surface area contributed by atoms with Gasteiger partial charge in [-0.05, 0) is 6.92 Å². The predicted octanol–water partition coefficient (Wildman–Crippen LogP) is 1.71. The molecule has 0 aromatic carbocycles. The summed E-state index contributed by atoms with van der Waals surface area (Å²) >= 11 is 0. The third kappa shape index (κ3) is 1.06. The molecule has 1 aliphatic carbocycles. The van der Waals surface area contributed by atoms with Crippen molar-refractivity contribution in [3.63, 3.8) is 0 Å². The van der Waals surface area contributed by atoms with Gasteiger partial charge < -0.3 is 0 Å². The molecule has 0 amide bonds. The van der Waals surface area contributed by atoms with Crippen LogP contribution in [0.15, 0.2) is 24.3 Å². The Morgan fingerprint density at radius 3 is 2.64 bits per heavy atom. The second-order valence-electron chi connectivity index (χ2n) is 2.48. The molecule has 1 radical (unpaired) electrons. The number of terminal acetylenes is 1. The van der Waals surface area contributed by atoms with Crippen LogP contribution < -0.4 is 0 Å². The van der Waals surface area contributed by atoms with E-state index in [1.54, 1.807) is 12.2 Å². The summed E-state index contributed by atoms with van der Waals surface area (Å²) in [4.78, 5) is 0. The minimum Gasteiger partial charge on any atom is -0.196 e. The largest absolute Gasteiger partial charge is 0.196 e. The van der Waals surface area contributed by atoms with Gasteiger partial charge >= 0.3 is 0 Å². The van der Waals surface area contributed by atoms with Gasteiger partial charge in [-0.25, -0.2) is 0 Å². The zero-order valence-corrected chi connectivity index (χ0v) is 6.12. The molecule has 0 heterocycles.